The molecule has 94 valence electrons. The number of tetrazole rings is 1. The second-order valence-corrected chi connectivity index (χ2v) is 5.02. The molecule has 0 atom stereocenters. The van der Waals surface area contributed by atoms with E-state index in [4.69, 9.17) is 11.6 Å². The summed E-state index contributed by atoms with van der Waals surface area (Å²) >= 11 is 6.20. The molecule has 1 heterocycles. The maximum absolute atomic E-state index is 6.20. The average molecular weight is 264 g/mol. The van der Waals surface area contributed by atoms with Gasteiger partial charge in [-0.1, -0.05) is 17.7 Å². The number of hydrogen-bond acceptors (Lipinski definition) is 4. The van der Waals surface area contributed by atoms with Gasteiger partial charge in [0.2, 0.25) is 0 Å². The van der Waals surface area contributed by atoms with Gasteiger partial charge in [0.25, 0.3) is 0 Å². The van der Waals surface area contributed by atoms with Crippen molar-refractivity contribution in [2.24, 2.45) is 0 Å². The molecule has 0 saturated heterocycles. The van der Waals surface area contributed by atoms with Gasteiger partial charge in [0.05, 0.1) is 17.3 Å². The van der Waals surface area contributed by atoms with Gasteiger partial charge in [0.1, 0.15) is 0 Å². The van der Waals surface area contributed by atoms with Crippen LogP contribution in [0.2, 0.25) is 5.02 Å². The molecule has 0 amide bonds. The normalized spacial score (nSPS) is 15.0. The van der Waals surface area contributed by atoms with Gasteiger partial charge in [0, 0.05) is 6.04 Å². The van der Waals surface area contributed by atoms with E-state index in [0.29, 0.717) is 17.6 Å². The van der Waals surface area contributed by atoms with Crippen molar-refractivity contribution in [2.75, 3.05) is 0 Å². The van der Waals surface area contributed by atoms with E-state index in [-0.39, 0.29) is 0 Å². The molecule has 0 aliphatic heterocycles. The Bertz CT molecular complexity index is 561. The predicted molar refractivity (Wildman–Crippen MR) is 68.8 cm³/mol. The van der Waals surface area contributed by atoms with Gasteiger partial charge in [-0.3, -0.25) is 0 Å². The van der Waals surface area contributed by atoms with Crippen molar-refractivity contribution in [3.05, 3.63) is 34.6 Å². The van der Waals surface area contributed by atoms with E-state index >= 15 is 0 Å². The van der Waals surface area contributed by atoms with E-state index in [1.54, 1.807) is 4.68 Å². The monoisotopic (exact) mass is 263 g/mol. The fourth-order valence-corrected chi connectivity index (χ4v) is 2.01. The van der Waals surface area contributed by atoms with Crippen molar-refractivity contribution in [1.29, 1.82) is 0 Å². The molecular weight excluding hydrogens is 250 g/mol. The van der Waals surface area contributed by atoms with Gasteiger partial charge in [-0.25, -0.2) is 0 Å². The first-order valence-electron chi connectivity index (χ1n) is 6.01. The molecule has 1 saturated carbocycles. The number of nitrogens with one attached hydrogen (secondary N) is 1. The molecule has 6 heteroatoms. The molecule has 1 aliphatic carbocycles. The smallest absolute Gasteiger partial charge is 0.170 e. The number of benzene rings is 1. The lowest BCUT2D eigenvalue weighted by atomic mass is 10.2. The van der Waals surface area contributed by atoms with Gasteiger partial charge in [-0.05, 0) is 47.9 Å². The maximum Gasteiger partial charge on any atom is 0.170 e. The Morgan fingerprint density at radius 1 is 1.44 bits per heavy atom. The largest absolute Gasteiger partial charge is 0.307 e. The molecule has 0 unspecified atom stereocenters. The van der Waals surface area contributed by atoms with Gasteiger partial charge < -0.3 is 5.32 Å². The highest BCUT2D eigenvalue weighted by molar-refractivity contribution is 6.32. The minimum atomic E-state index is 0.628. The van der Waals surface area contributed by atoms with Crippen LogP contribution in [0.5, 0.6) is 0 Å². The van der Waals surface area contributed by atoms with Crippen LogP contribution >= 0.6 is 11.6 Å². The maximum atomic E-state index is 6.20. The van der Waals surface area contributed by atoms with Crippen molar-refractivity contribution in [2.45, 2.75) is 32.4 Å². The Hall–Kier alpha value is -1.46. The van der Waals surface area contributed by atoms with Crippen LogP contribution in [0.3, 0.4) is 0 Å². The van der Waals surface area contributed by atoms with E-state index in [0.717, 1.165) is 17.1 Å². The Labute approximate surface area is 110 Å². The molecule has 5 nitrogen and oxygen atoms in total. The molecule has 0 bridgehead atoms. The molecule has 1 aromatic carbocycles. The lowest BCUT2D eigenvalue weighted by Crippen LogP contribution is -2.19. The minimum Gasteiger partial charge on any atom is -0.307 e. The first-order valence-corrected chi connectivity index (χ1v) is 6.39. The van der Waals surface area contributed by atoms with Crippen LogP contribution < -0.4 is 5.32 Å². The first-order chi connectivity index (χ1) is 8.74. The highest BCUT2D eigenvalue weighted by Gasteiger charge is 2.21. The van der Waals surface area contributed by atoms with Gasteiger partial charge >= 0.3 is 0 Å². The quantitative estimate of drug-likeness (QED) is 0.915. The van der Waals surface area contributed by atoms with Gasteiger partial charge in [0.15, 0.2) is 5.82 Å². The fraction of sp³-hybridized carbons (Fsp3) is 0.417. The molecular formula is C12H14ClN5. The fourth-order valence-electron chi connectivity index (χ4n) is 1.81. The summed E-state index contributed by atoms with van der Waals surface area (Å²) in [6.45, 7) is 2.69. The average Bonchev–Trinajstić information content (AvgIpc) is 3.08. The van der Waals surface area contributed by atoms with Crippen LogP contribution in [-0.2, 0) is 6.54 Å². The lowest BCUT2D eigenvalue weighted by molar-refractivity contribution is 0.637. The molecule has 0 radical (unpaired) electrons. The number of aryl methyl sites for hydroxylation is 1. The second-order valence-electron chi connectivity index (χ2n) is 4.62. The van der Waals surface area contributed by atoms with Crippen LogP contribution in [0.25, 0.3) is 5.69 Å². The number of rotatable bonds is 4. The van der Waals surface area contributed by atoms with Crippen LogP contribution in [0, 0.1) is 6.92 Å². The lowest BCUT2D eigenvalue weighted by Gasteiger charge is -2.08. The molecule has 1 aromatic heterocycles. The summed E-state index contributed by atoms with van der Waals surface area (Å²) in [5.41, 5.74) is 1.96. The van der Waals surface area contributed by atoms with Crippen molar-refractivity contribution >= 4 is 11.6 Å². The molecule has 0 spiro atoms. The first kappa shape index (κ1) is 11.6. The SMILES string of the molecule is Cc1ccc(Cl)c(-n2nnnc2CNC2CC2)c1. The molecule has 3 rings (SSSR count). The zero-order valence-corrected chi connectivity index (χ0v) is 10.9. The highest BCUT2D eigenvalue weighted by Crippen LogP contribution is 2.22. The van der Waals surface area contributed by atoms with Crippen LogP contribution in [0.1, 0.15) is 24.2 Å². The van der Waals surface area contributed by atoms with Crippen LogP contribution in [0.4, 0.5) is 0 Å². The molecule has 1 aliphatic rings. The zero-order valence-electron chi connectivity index (χ0n) is 10.1. The third-order valence-electron chi connectivity index (χ3n) is 2.99. The van der Waals surface area contributed by atoms with Crippen molar-refractivity contribution in [3.8, 4) is 5.69 Å². The summed E-state index contributed by atoms with van der Waals surface area (Å²) in [4.78, 5) is 0. The predicted octanol–water partition coefficient (Wildman–Crippen LogP) is 1.88. The number of nitrogens with zero attached hydrogens (tertiary/aromatic N) is 4. The van der Waals surface area contributed by atoms with Gasteiger partial charge in [-0.15, -0.1) is 5.10 Å². The summed E-state index contributed by atoms with van der Waals surface area (Å²) in [6.07, 6.45) is 2.49. The van der Waals surface area contributed by atoms with Crippen molar-refractivity contribution in [3.63, 3.8) is 0 Å². The Balaban J connectivity index is 1.90. The van der Waals surface area contributed by atoms with Gasteiger partial charge in [-0.2, -0.15) is 4.68 Å². The standard InChI is InChI=1S/C12H14ClN5/c1-8-2-5-10(13)11(6-8)18-12(15-16-17-18)7-14-9-3-4-9/h2,5-6,9,14H,3-4,7H2,1H3. The Morgan fingerprint density at radius 3 is 3.06 bits per heavy atom. The third kappa shape index (κ3) is 2.37. The van der Waals surface area contributed by atoms with Crippen molar-refractivity contribution in [1.82, 2.24) is 25.5 Å². The second kappa shape index (κ2) is 4.66. The molecule has 2 aromatic rings. The third-order valence-corrected chi connectivity index (χ3v) is 3.31. The van der Waals surface area contributed by atoms with Crippen LogP contribution in [0.15, 0.2) is 18.2 Å². The topological polar surface area (TPSA) is 55.6 Å². The summed E-state index contributed by atoms with van der Waals surface area (Å²) in [7, 11) is 0. The number of hydrogen-bond donors (Lipinski definition) is 1. The number of halogens is 1. The Kier molecular flexibility index (Phi) is 3.01. The Morgan fingerprint density at radius 2 is 2.28 bits per heavy atom. The molecule has 18 heavy (non-hydrogen) atoms. The minimum absolute atomic E-state index is 0.628. The number of aromatic nitrogens is 4. The van der Waals surface area contributed by atoms with Crippen molar-refractivity contribution < 1.29 is 0 Å². The highest BCUT2D eigenvalue weighted by atomic mass is 35.5. The van der Waals surface area contributed by atoms with E-state index in [1.165, 1.54) is 12.8 Å². The van der Waals surface area contributed by atoms with E-state index < -0.39 is 0 Å². The van der Waals surface area contributed by atoms with E-state index in [2.05, 4.69) is 20.8 Å². The summed E-state index contributed by atoms with van der Waals surface area (Å²) in [5.74, 6) is 0.786. The summed E-state index contributed by atoms with van der Waals surface area (Å²) in [6, 6.07) is 6.45. The molecule has 1 fully saturated rings. The summed E-state index contributed by atoms with van der Waals surface area (Å²) in [5, 5.41) is 15.8. The summed E-state index contributed by atoms with van der Waals surface area (Å²) < 4.78 is 1.70. The molecule has 1 N–H and O–H groups in total. The van der Waals surface area contributed by atoms with E-state index in [1.807, 2.05) is 25.1 Å². The zero-order chi connectivity index (χ0) is 12.5. The van der Waals surface area contributed by atoms with Crippen LogP contribution in [-0.4, -0.2) is 26.2 Å². The van der Waals surface area contributed by atoms with E-state index in [9.17, 15) is 0 Å².